The van der Waals surface area contributed by atoms with Crippen LogP contribution in [0, 0.1) is 11.3 Å². The van der Waals surface area contributed by atoms with Gasteiger partial charge in [-0.05, 0) is 19.1 Å². The number of aromatic nitrogens is 2. The van der Waals surface area contributed by atoms with Gasteiger partial charge < -0.3 is 10.1 Å². The molecule has 2 unspecified atom stereocenters. The number of nitrogens with zero attached hydrogens (tertiary/aromatic N) is 3. The summed E-state index contributed by atoms with van der Waals surface area (Å²) >= 11 is 11.8. The van der Waals surface area contributed by atoms with Crippen molar-refractivity contribution in [3.63, 3.8) is 0 Å². The molecule has 13 heteroatoms. The summed E-state index contributed by atoms with van der Waals surface area (Å²) < 4.78 is 84.5. The van der Waals surface area contributed by atoms with Gasteiger partial charge in [0.2, 0.25) is 0 Å². The summed E-state index contributed by atoms with van der Waals surface area (Å²) in [5, 5.41) is 14.5. The number of nitrogens with one attached hydrogen (secondary N) is 1. The molecule has 2 aromatic rings. The third-order valence-corrected chi connectivity index (χ3v) is 4.40. The second-order valence-corrected chi connectivity index (χ2v) is 6.58. The van der Waals surface area contributed by atoms with Crippen LogP contribution in [0.4, 0.5) is 32.2 Å². The topological polar surface area (TPSA) is 62.9 Å². The van der Waals surface area contributed by atoms with E-state index in [0.717, 1.165) is 4.68 Å². The number of rotatable bonds is 1. The number of benzene rings is 1. The molecule has 0 radical (unpaired) electrons. The van der Waals surface area contributed by atoms with Gasteiger partial charge in [0.1, 0.15) is 23.8 Å². The number of nitriles is 1. The predicted molar refractivity (Wildman–Crippen MR) is 86.3 cm³/mol. The third-order valence-electron chi connectivity index (χ3n) is 3.82. The van der Waals surface area contributed by atoms with Crippen LogP contribution in [0.5, 0.6) is 0 Å². The molecule has 0 aliphatic carbocycles. The molecule has 1 N–H and O–H groups in total. The van der Waals surface area contributed by atoms with E-state index in [2.05, 4.69) is 10.4 Å². The molecule has 0 saturated carbocycles. The van der Waals surface area contributed by atoms with Crippen LogP contribution in [0.2, 0.25) is 10.0 Å². The summed E-state index contributed by atoms with van der Waals surface area (Å²) in [5.41, 5.74) is -2.70. The molecule has 2 heterocycles. The molecule has 0 fully saturated rings. The lowest BCUT2D eigenvalue weighted by atomic mass is 10.1. The molecule has 150 valence electrons. The molecule has 1 aliphatic rings. The van der Waals surface area contributed by atoms with Crippen molar-refractivity contribution in [3.8, 4) is 11.8 Å². The SMILES string of the molecule is CC1Nc2c(c(C#N)nn2-c2c(Cl)cc(C(F)(F)F)cc2Cl)C(C(F)(F)F)O1. The molecule has 3 rings (SSSR count). The Morgan fingerprint density at radius 2 is 1.75 bits per heavy atom. The first kappa shape index (κ1) is 20.6. The van der Waals surface area contributed by atoms with Crippen LogP contribution in [0.15, 0.2) is 12.1 Å². The van der Waals surface area contributed by atoms with Gasteiger partial charge in [-0.25, -0.2) is 4.68 Å². The monoisotopic (exact) mass is 444 g/mol. The van der Waals surface area contributed by atoms with E-state index in [1.807, 2.05) is 0 Å². The minimum absolute atomic E-state index is 0.304. The fourth-order valence-corrected chi connectivity index (χ4v) is 3.38. The van der Waals surface area contributed by atoms with Crippen molar-refractivity contribution in [2.75, 3.05) is 5.32 Å². The van der Waals surface area contributed by atoms with Crippen molar-refractivity contribution >= 4 is 29.0 Å². The summed E-state index contributed by atoms with van der Waals surface area (Å²) in [6.45, 7) is 1.28. The Morgan fingerprint density at radius 3 is 2.21 bits per heavy atom. The zero-order valence-electron chi connectivity index (χ0n) is 13.6. The zero-order chi connectivity index (χ0) is 21.0. The number of alkyl halides is 6. The standard InChI is InChI=1S/C15H8Cl2F6N4O/c1-5-25-13-10(12(28-5)15(21,22)23)9(4-24)26-27(13)11-7(16)2-6(3-8(11)17)14(18,19)20/h2-3,5,12,25H,1H3. The van der Waals surface area contributed by atoms with Crippen molar-refractivity contribution < 1.29 is 31.1 Å². The van der Waals surface area contributed by atoms with E-state index in [0.29, 0.717) is 12.1 Å². The second-order valence-electron chi connectivity index (χ2n) is 5.77. The van der Waals surface area contributed by atoms with Gasteiger partial charge in [0.25, 0.3) is 0 Å². The molecule has 1 aliphatic heterocycles. The Labute approximate surface area is 163 Å². The maximum Gasteiger partial charge on any atom is 0.419 e. The van der Waals surface area contributed by atoms with Crippen molar-refractivity contribution in [2.24, 2.45) is 0 Å². The quantitative estimate of drug-likeness (QED) is 0.593. The molecule has 28 heavy (non-hydrogen) atoms. The van der Waals surface area contributed by atoms with Crippen LogP contribution in [0.1, 0.15) is 29.8 Å². The molecular formula is C15H8Cl2F6N4O. The van der Waals surface area contributed by atoms with E-state index in [9.17, 15) is 31.6 Å². The number of halogens is 8. The summed E-state index contributed by atoms with van der Waals surface area (Å²) in [5.74, 6) is -0.304. The largest absolute Gasteiger partial charge is 0.419 e. The van der Waals surface area contributed by atoms with E-state index in [1.165, 1.54) is 13.0 Å². The second kappa shape index (κ2) is 6.72. The lowest BCUT2D eigenvalue weighted by Crippen LogP contribution is -2.36. The van der Waals surface area contributed by atoms with E-state index >= 15 is 0 Å². The molecule has 2 atom stereocenters. The predicted octanol–water partition coefficient (Wildman–Crippen LogP) is 5.46. The summed E-state index contributed by atoms with van der Waals surface area (Å²) in [7, 11) is 0. The van der Waals surface area contributed by atoms with Gasteiger partial charge in [0.05, 0.1) is 21.2 Å². The Morgan fingerprint density at radius 1 is 1.18 bits per heavy atom. The van der Waals surface area contributed by atoms with E-state index in [1.54, 1.807) is 0 Å². The van der Waals surface area contributed by atoms with Gasteiger partial charge in [-0.2, -0.15) is 36.7 Å². The average Bonchev–Trinajstić information content (AvgIpc) is 2.90. The van der Waals surface area contributed by atoms with Crippen molar-refractivity contribution in [1.29, 1.82) is 5.26 Å². The third kappa shape index (κ3) is 3.47. The van der Waals surface area contributed by atoms with Gasteiger partial charge >= 0.3 is 12.4 Å². The van der Waals surface area contributed by atoms with E-state index in [4.69, 9.17) is 27.9 Å². The normalized spacial score (nSPS) is 19.7. The van der Waals surface area contributed by atoms with Gasteiger partial charge in [-0.15, -0.1) is 0 Å². The van der Waals surface area contributed by atoms with Crippen molar-refractivity contribution in [3.05, 3.63) is 39.0 Å². The summed E-state index contributed by atoms with van der Waals surface area (Å²) in [6.07, 6.45) is -13.2. The number of anilines is 1. The lowest BCUT2D eigenvalue weighted by molar-refractivity contribution is -0.234. The van der Waals surface area contributed by atoms with E-state index < -0.39 is 51.6 Å². The summed E-state index contributed by atoms with van der Waals surface area (Å²) in [4.78, 5) is 0. The van der Waals surface area contributed by atoms with Crippen LogP contribution in [-0.4, -0.2) is 22.2 Å². The van der Waals surface area contributed by atoms with Crippen molar-refractivity contribution in [1.82, 2.24) is 9.78 Å². The lowest BCUT2D eigenvalue weighted by Gasteiger charge is -2.31. The highest BCUT2D eigenvalue weighted by Gasteiger charge is 2.49. The van der Waals surface area contributed by atoms with Crippen LogP contribution < -0.4 is 5.32 Å². The van der Waals surface area contributed by atoms with Gasteiger partial charge in [-0.1, -0.05) is 23.2 Å². The van der Waals surface area contributed by atoms with Crippen LogP contribution in [0.3, 0.4) is 0 Å². The molecule has 0 spiro atoms. The summed E-state index contributed by atoms with van der Waals surface area (Å²) in [6, 6.07) is 2.64. The fraction of sp³-hybridized carbons (Fsp3) is 0.333. The first-order valence-electron chi connectivity index (χ1n) is 7.43. The Kier molecular flexibility index (Phi) is 4.94. The molecule has 1 aromatic carbocycles. The number of ether oxygens (including phenoxy) is 1. The van der Waals surface area contributed by atoms with Gasteiger partial charge in [0, 0.05) is 0 Å². The number of hydrogen-bond acceptors (Lipinski definition) is 4. The first-order valence-corrected chi connectivity index (χ1v) is 8.18. The minimum atomic E-state index is -4.86. The van der Waals surface area contributed by atoms with Gasteiger partial charge in [-0.3, -0.25) is 0 Å². The first-order chi connectivity index (χ1) is 12.8. The fourth-order valence-electron chi connectivity index (χ4n) is 2.73. The van der Waals surface area contributed by atoms with Crippen LogP contribution >= 0.6 is 23.2 Å². The number of hydrogen-bond donors (Lipinski definition) is 1. The maximum atomic E-state index is 13.4. The van der Waals surface area contributed by atoms with Crippen molar-refractivity contribution in [2.45, 2.75) is 31.6 Å². The Bertz CT molecular complexity index is 956. The molecule has 0 amide bonds. The highest BCUT2D eigenvalue weighted by atomic mass is 35.5. The zero-order valence-corrected chi connectivity index (χ0v) is 15.1. The highest BCUT2D eigenvalue weighted by Crippen LogP contribution is 2.46. The van der Waals surface area contributed by atoms with Gasteiger partial charge in [0.15, 0.2) is 11.8 Å². The smallest absolute Gasteiger partial charge is 0.345 e. The molecule has 1 aromatic heterocycles. The van der Waals surface area contributed by atoms with Crippen LogP contribution in [-0.2, 0) is 10.9 Å². The molecular weight excluding hydrogens is 437 g/mol. The Balaban J connectivity index is 2.27. The highest BCUT2D eigenvalue weighted by molar-refractivity contribution is 6.38. The molecule has 0 saturated heterocycles. The van der Waals surface area contributed by atoms with E-state index in [-0.39, 0.29) is 11.5 Å². The average molecular weight is 445 g/mol. The minimum Gasteiger partial charge on any atom is -0.345 e. The van der Waals surface area contributed by atoms with Crippen LogP contribution in [0.25, 0.3) is 5.69 Å². The maximum absolute atomic E-state index is 13.4. The number of fused-ring (bicyclic) bond motifs is 1. The Hall–Kier alpha value is -2.16. The molecule has 5 nitrogen and oxygen atoms in total. The molecule has 0 bridgehead atoms.